The fourth-order valence-corrected chi connectivity index (χ4v) is 2.99. The molecular weight excluding hydrogens is 328 g/mol. The van der Waals surface area contributed by atoms with Crippen LogP contribution in [0.2, 0.25) is 5.02 Å². The molecule has 1 N–H and O–H groups in total. The van der Waals surface area contributed by atoms with Gasteiger partial charge in [-0.2, -0.15) is 5.10 Å². The summed E-state index contributed by atoms with van der Waals surface area (Å²) in [5.41, 5.74) is 1.81. The number of carbonyl (C=O) groups is 2. The number of nitrogens with one attached hydrogen (secondary N) is 1. The molecule has 0 saturated carbocycles. The summed E-state index contributed by atoms with van der Waals surface area (Å²) in [6, 6.07) is 8.87. The van der Waals surface area contributed by atoms with Gasteiger partial charge in [0.05, 0.1) is 6.04 Å². The van der Waals surface area contributed by atoms with Crippen LogP contribution in [-0.2, 0) is 23.1 Å². The number of benzene rings is 1. The maximum atomic E-state index is 12.2. The second-order valence-corrected chi connectivity index (χ2v) is 6.33. The summed E-state index contributed by atoms with van der Waals surface area (Å²) in [6.45, 7) is 0.484. The van der Waals surface area contributed by atoms with Crippen LogP contribution in [0.5, 0.6) is 0 Å². The lowest BCUT2D eigenvalue weighted by atomic mass is 10.2. The number of carbonyl (C=O) groups excluding carboxylic acids is 2. The third-order valence-corrected chi connectivity index (χ3v) is 4.41. The fourth-order valence-electron chi connectivity index (χ4n) is 2.86. The van der Waals surface area contributed by atoms with E-state index in [0.29, 0.717) is 30.8 Å². The van der Waals surface area contributed by atoms with Crippen molar-refractivity contribution in [2.75, 3.05) is 11.4 Å². The summed E-state index contributed by atoms with van der Waals surface area (Å²) in [7, 11) is 1.85. The van der Waals surface area contributed by atoms with Crippen LogP contribution >= 0.6 is 11.6 Å². The number of hydrogen-bond acceptors (Lipinski definition) is 3. The van der Waals surface area contributed by atoms with Crippen molar-refractivity contribution in [1.82, 2.24) is 15.1 Å². The molecule has 6 nitrogen and oxygen atoms in total. The van der Waals surface area contributed by atoms with Crippen LogP contribution in [0.25, 0.3) is 0 Å². The van der Waals surface area contributed by atoms with E-state index < -0.39 is 0 Å². The molecule has 1 fully saturated rings. The highest BCUT2D eigenvalue weighted by Gasteiger charge is 2.31. The van der Waals surface area contributed by atoms with Gasteiger partial charge in [-0.05, 0) is 36.8 Å². The quantitative estimate of drug-likeness (QED) is 0.899. The summed E-state index contributed by atoms with van der Waals surface area (Å²) in [4.78, 5) is 26.0. The normalized spacial score (nSPS) is 17.3. The van der Waals surface area contributed by atoms with E-state index in [0.717, 1.165) is 11.4 Å². The first-order chi connectivity index (χ1) is 11.5. The number of aryl methyl sites for hydroxylation is 2. The van der Waals surface area contributed by atoms with Crippen molar-refractivity contribution in [2.45, 2.75) is 25.3 Å². The molecule has 1 aliphatic heterocycles. The van der Waals surface area contributed by atoms with Crippen molar-refractivity contribution in [3.63, 3.8) is 0 Å². The van der Waals surface area contributed by atoms with Crippen molar-refractivity contribution < 1.29 is 9.59 Å². The van der Waals surface area contributed by atoms with Crippen LogP contribution < -0.4 is 10.2 Å². The summed E-state index contributed by atoms with van der Waals surface area (Å²) in [5.74, 6) is -0.0405. The van der Waals surface area contributed by atoms with Gasteiger partial charge >= 0.3 is 0 Å². The van der Waals surface area contributed by atoms with Gasteiger partial charge in [0.2, 0.25) is 11.8 Å². The molecule has 2 aromatic rings. The zero-order valence-electron chi connectivity index (χ0n) is 13.4. The topological polar surface area (TPSA) is 67.2 Å². The summed E-state index contributed by atoms with van der Waals surface area (Å²) in [5, 5.41) is 7.66. The Morgan fingerprint density at radius 3 is 2.75 bits per heavy atom. The van der Waals surface area contributed by atoms with Crippen LogP contribution in [0.1, 0.15) is 18.5 Å². The third kappa shape index (κ3) is 3.76. The summed E-state index contributed by atoms with van der Waals surface area (Å²) < 4.78 is 1.76. The highest BCUT2D eigenvalue weighted by atomic mass is 35.5. The van der Waals surface area contributed by atoms with Gasteiger partial charge in [-0.25, -0.2) is 0 Å². The molecule has 2 amide bonds. The maximum absolute atomic E-state index is 12.2. The molecule has 1 saturated heterocycles. The predicted octanol–water partition coefficient (Wildman–Crippen LogP) is 1.93. The Morgan fingerprint density at radius 2 is 2.08 bits per heavy atom. The zero-order valence-corrected chi connectivity index (χ0v) is 14.2. The van der Waals surface area contributed by atoms with Crippen LogP contribution in [-0.4, -0.2) is 34.2 Å². The standard InChI is InChI=1S/C17H19ClN4O2/c1-21-14(8-9-19-21)6-7-16(23)20-13-10-17(24)22(11-13)15-4-2-12(18)3-5-15/h2-5,8-9,13H,6-7,10-11H2,1H3,(H,20,23). The van der Waals surface area contributed by atoms with Gasteiger partial charge in [-0.1, -0.05) is 11.6 Å². The van der Waals surface area contributed by atoms with E-state index in [1.54, 1.807) is 27.9 Å². The van der Waals surface area contributed by atoms with Gasteiger partial charge in [0.1, 0.15) is 0 Å². The van der Waals surface area contributed by atoms with Crippen molar-refractivity contribution in [3.05, 3.63) is 47.2 Å². The molecule has 3 rings (SSSR count). The molecule has 0 spiro atoms. The Labute approximate surface area is 145 Å². The summed E-state index contributed by atoms with van der Waals surface area (Å²) >= 11 is 5.87. The first-order valence-electron chi connectivity index (χ1n) is 7.85. The number of halogens is 1. The van der Waals surface area contributed by atoms with Crippen LogP contribution in [0.15, 0.2) is 36.5 Å². The molecular formula is C17H19ClN4O2. The van der Waals surface area contributed by atoms with E-state index >= 15 is 0 Å². The Morgan fingerprint density at radius 1 is 1.33 bits per heavy atom. The van der Waals surface area contributed by atoms with Gasteiger partial charge < -0.3 is 10.2 Å². The first kappa shape index (κ1) is 16.5. The second kappa shape index (κ2) is 7.05. The Hall–Kier alpha value is -2.34. The van der Waals surface area contributed by atoms with Crippen molar-refractivity contribution in [2.24, 2.45) is 7.05 Å². The third-order valence-electron chi connectivity index (χ3n) is 4.16. The number of rotatable bonds is 5. The predicted molar refractivity (Wildman–Crippen MR) is 91.9 cm³/mol. The Balaban J connectivity index is 1.53. The highest BCUT2D eigenvalue weighted by molar-refractivity contribution is 6.30. The van der Waals surface area contributed by atoms with E-state index in [4.69, 9.17) is 11.6 Å². The Bertz CT molecular complexity index is 741. The van der Waals surface area contributed by atoms with Crippen LogP contribution in [0, 0.1) is 0 Å². The molecule has 1 atom stereocenters. The van der Waals surface area contributed by atoms with Gasteiger partial charge in [0.25, 0.3) is 0 Å². The monoisotopic (exact) mass is 346 g/mol. The molecule has 1 aromatic carbocycles. The largest absolute Gasteiger partial charge is 0.351 e. The summed E-state index contributed by atoms with van der Waals surface area (Å²) in [6.07, 6.45) is 3.04. The number of amides is 2. The van der Waals surface area contributed by atoms with Crippen LogP contribution in [0.4, 0.5) is 5.69 Å². The lowest BCUT2D eigenvalue weighted by molar-refractivity contribution is -0.121. The molecule has 0 radical (unpaired) electrons. The van der Waals surface area contributed by atoms with E-state index in [-0.39, 0.29) is 17.9 Å². The minimum absolute atomic E-state index is 0.00857. The smallest absolute Gasteiger partial charge is 0.229 e. The molecule has 24 heavy (non-hydrogen) atoms. The zero-order chi connectivity index (χ0) is 17.1. The van der Waals surface area contributed by atoms with Crippen molar-refractivity contribution >= 4 is 29.1 Å². The van der Waals surface area contributed by atoms with E-state index in [1.165, 1.54) is 0 Å². The van der Waals surface area contributed by atoms with Gasteiger partial charge in [-0.3, -0.25) is 14.3 Å². The van der Waals surface area contributed by atoms with Crippen molar-refractivity contribution in [1.29, 1.82) is 0 Å². The molecule has 2 heterocycles. The van der Waals surface area contributed by atoms with Gasteiger partial charge in [0, 0.05) is 49.0 Å². The molecule has 1 aromatic heterocycles. The first-order valence-corrected chi connectivity index (χ1v) is 8.23. The van der Waals surface area contributed by atoms with Gasteiger partial charge in [0.15, 0.2) is 0 Å². The highest BCUT2D eigenvalue weighted by Crippen LogP contribution is 2.23. The number of aromatic nitrogens is 2. The average molecular weight is 347 g/mol. The lowest BCUT2D eigenvalue weighted by Gasteiger charge is -2.17. The lowest BCUT2D eigenvalue weighted by Crippen LogP contribution is -2.37. The molecule has 0 aliphatic carbocycles. The number of nitrogens with zero attached hydrogens (tertiary/aromatic N) is 3. The average Bonchev–Trinajstić information content (AvgIpc) is 3.12. The molecule has 1 aliphatic rings. The van der Waals surface area contributed by atoms with Gasteiger partial charge in [-0.15, -0.1) is 0 Å². The Kier molecular flexibility index (Phi) is 4.85. The molecule has 7 heteroatoms. The minimum atomic E-state index is -0.160. The van der Waals surface area contributed by atoms with E-state index in [2.05, 4.69) is 10.4 Å². The minimum Gasteiger partial charge on any atom is -0.351 e. The number of anilines is 1. The SMILES string of the molecule is Cn1nccc1CCC(=O)NC1CC(=O)N(c2ccc(Cl)cc2)C1. The molecule has 1 unspecified atom stereocenters. The van der Waals surface area contributed by atoms with Crippen LogP contribution in [0.3, 0.4) is 0 Å². The maximum Gasteiger partial charge on any atom is 0.229 e. The van der Waals surface area contributed by atoms with E-state index in [1.807, 2.05) is 25.2 Å². The second-order valence-electron chi connectivity index (χ2n) is 5.90. The fraction of sp³-hybridized carbons (Fsp3) is 0.353. The van der Waals surface area contributed by atoms with E-state index in [9.17, 15) is 9.59 Å². The van der Waals surface area contributed by atoms with Crippen molar-refractivity contribution in [3.8, 4) is 0 Å². The number of hydrogen-bond donors (Lipinski definition) is 1. The molecule has 0 bridgehead atoms. The molecule has 126 valence electrons.